The van der Waals surface area contributed by atoms with E-state index < -0.39 is 0 Å². The van der Waals surface area contributed by atoms with Crippen LogP contribution in [0, 0.1) is 3.57 Å². The zero-order chi connectivity index (χ0) is 12.4. The Hall–Kier alpha value is -0.330. The highest BCUT2D eigenvalue weighted by atomic mass is 127. The van der Waals surface area contributed by atoms with E-state index in [-0.39, 0.29) is 5.91 Å². The van der Waals surface area contributed by atoms with Gasteiger partial charge in [-0.05, 0) is 47.7 Å². The molecule has 1 amide bonds. The minimum atomic E-state index is 0.0907. The van der Waals surface area contributed by atoms with Crippen LogP contribution in [0.4, 0.5) is 0 Å². The first kappa shape index (κ1) is 13.1. The molecule has 0 unspecified atom stereocenters. The van der Waals surface area contributed by atoms with Gasteiger partial charge in [0, 0.05) is 34.8 Å². The van der Waals surface area contributed by atoms with Gasteiger partial charge in [0.05, 0.1) is 5.02 Å². The third-order valence-corrected chi connectivity index (χ3v) is 4.36. The van der Waals surface area contributed by atoms with Gasteiger partial charge < -0.3 is 10.2 Å². The van der Waals surface area contributed by atoms with Crippen molar-refractivity contribution < 1.29 is 4.79 Å². The van der Waals surface area contributed by atoms with Crippen molar-refractivity contribution in [3.8, 4) is 0 Å². The first-order chi connectivity index (χ1) is 8.08. The monoisotopic (exact) mass is 364 g/mol. The maximum Gasteiger partial charge on any atom is 0.253 e. The number of nitrogens with zero attached hydrogens (tertiary/aromatic N) is 1. The summed E-state index contributed by atoms with van der Waals surface area (Å²) < 4.78 is 0.915. The molecule has 1 aliphatic rings. The quantitative estimate of drug-likeness (QED) is 0.776. The van der Waals surface area contributed by atoms with Crippen LogP contribution in [0.3, 0.4) is 0 Å². The van der Waals surface area contributed by atoms with Gasteiger partial charge in [-0.3, -0.25) is 4.79 Å². The molecule has 1 heterocycles. The lowest BCUT2D eigenvalue weighted by atomic mass is 10.1. The summed E-state index contributed by atoms with van der Waals surface area (Å²) in [5.41, 5.74) is 0.716. The molecule has 1 aliphatic heterocycles. The molecule has 2 rings (SSSR count). The summed E-state index contributed by atoms with van der Waals surface area (Å²) in [5, 5.41) is 4.01. The standard InChI is InChI=1S/C12H14ClIN2O/c1-8-7-16(5-4-15-8)12(17)9-2-3-10(13)11(14)6-9/h2-3,6,8,15H,4-5,7H2,1H3/t8-/m0/s1. The number of halogens is 2. The van der Waals surface area contributed by atoms with Crippen molar-refractivity contribution in [3.63, 3.8) is 0 Å². The first-order valence-electron chi connectivity index (χ1n) is 5.55. The number of hydrogen-bond donors (Lipinski definition) is 1. The fourth-order valence-electron chi connectivity index (χ4n) is 1.93. The van der Waals surface area contributed by atoms with Crippen molar-refractivity contribution in [2.24, 2.45) is 0 Å². The molecule has 1 aromatic rings. The van der Waals surface area contributed by atoms with E-state index in [0.29, 0.717) is 16.6 Å². The highest BCUT2D eigenvalue weighted by Gasteiger charge is 2.21. The maximum absolute atomic E-state index is 12.3. The lowest BCUT2D eigenvalue weighted by Gasteiger charge is -2.32. The first-order valence-corrected chi connectivity index (χ1v) is 7.01. The summed E-state index contributed by atoms with van der Waals surface area (Å²) in [7, 11) is 0. The molecule has 1 saturated heterocycles. The SMILES string of the molecule is C[C@H]1CN(C(=O)c2ccc(Cl)c(I)c2)CCN1. The van der Waals surface area contributed by atoms with Gasteiger partial charge in [-0.2, -0.15) is 0 Å². The molecular weight excluding hydrogens is 351 g/mol. The number of amides is 1. The van der Waals surface area contributed by atoms with Gasteiger partial charge in [0.1, 0.15) is 0 Å². The predicted molar refractivity (Wildman–Crippen MR) is 77.5 cm³/mol. The van der Waals surface area contributed by atoms with Crippen LogP contribution in [-0.2, 0) is 0 Å². The normalized spacial score (nSPS) is 20.4. The number of rotatable bonds is 1. The van der Waals surface area contributed by atoms with Gasteiger partial charge in [-0.25, -0.2) is 0 Å². The van der Waals surface area contributed by atoms with Crippen LogP contribution in [0.1, 0.15) is 17.3 Å². The molecule has 0 spiro atoms. The summed E-state index contributed by atoms with van der Waals surface area (Å²) >= 11 is 8.10. The lowest BCUT2D eigenvalue weighted by Crippen LogP contribution is -2.51. The van der Waals surface area contributed by atoms with E-state index in [1.165, 1.54) is 0 Å². The number of nitrogens with one attached hydrogen (secondary N) is 1. The highest BCUT2D eigenvalue weighted by Crippen LogP contribution is 2.20. The molecule has 5 heteroatoms. The predicted octanol–water partition coefficient (Wildman–Crippen LogP) is 2.38. The summed E-state index contributed by atoms with van der Waals surface area (Å²) in [6, 6.07) is 5.78. The number of carbonyl (C=O) groups excluding carboxylic acids is 1. The zero-order valence-electron chi connectivity index (χ0n) is 9.54. The fourth-order valence-corrected chi connectivity index (χ4v) is 2.56. The van der Waals surface area contributed by atoms with Crippen molar-refractivity contribution in [2.45, 2.75) is 13.0 Å². The summed E-state index contributed by atoms with van der Waals surface area (Å²) in [6.07, 6.45) is 0. The average Bonchev–Trinajstić information content (AvgIpc) is 2.32. The minimum absolute atomic E-state index is 0.0907. The van der Waals surface area contributed by atoms with Crippen LogP contribution < -0.4 is 5.32 Å². The number of benzene rings is 1. The van der Waals surface area contributed by atoms with Gasteiger partial charge in [0.25, 0.3) is 5.91 Å². The van der Waals surface area contributed by atoms with Gasteiger partial charge in [-0.15, -0.1) is 0 Å². The van der Waals surface area contributed by atoms with Crippen LogP contribution in [0.15, 0.2) is 18.2 Å². The molecule has 92 valence electrons. The van der Waals surface area contributed by atoms with Gasteiger partial charge >= 0.3 is 0 Å². The molecule has 1 fully saturated rings. The van der Waals surface area contributed by atoms with Crippen molar-refractivity contribution in [3.05, 3.63) is 32.4 Å². The smallest absolute Gasteiger partial charge is 0.253 e. The summed E-state index contributed by atoms with van der Waals surface area (Å²) in [4.78, 5) is 14.1. The number of hydrogen-bond acceptors (Lipinski definition) is 2. The molecule has 0 saturated carbocycles. The third-order valence-electron chi connectivity index (χ3n) is 2.82. The molecule has 1 atom stereocenters. The van der Waals surface area contributed by atoms with Crippen LogP contribution in [0.5, 0.6) is 0 Å². The Morgan fingerprint density at radius 1 is 1.59 bits per heavy atom. The molecule has 0 aromatic heterocycles. The van der Waals surface area contributed by atoms with Crippen LogP contribution in [0.25, 0.3) is 0 Å². The van der Waals surface area contributed by atoms with Gasteiger partial charge in [0.2, 0.25) is 0 Å². The molecule has 0 bridgehead atoms. The van der Waals surface area contributed by atoms with Gasteiger partial charge in [-0.1, -0.05) is 11.6 Å². The van der Waals surface area contributed by atoms with Crippen LogP contribution in [0.2, 0.25) is 5.02 Å². The Bertz CT molecular complexity index is 439. The van der Waals surface area contributed by atoms with E-state index >= 15 is 0 Å². The zero-order valence-corrected chi connectivity index (χ0v) is 12.5. The van der Waals surface area contributed by atoms with E-state index in [9.17, 15) is 4.79 Å². The van der Waals surface area contributed by atoms with Crippen LogP contribution in [-0.4, -0.2) is 36.5 Å². The second-order valence-corrected chi connectivity index (χ2v) is 5.80. The molecule has 1 N–H and O–H groups in total. The second-order valence-electron chi connectivity index (χ2n) is 4.24. The molecule has 3 nitrogen and oxygen atoms in total. The Morgan fingerprint density at radius 3 is 3.00 bits per heavy atom. The molecule has 0 aliphatic carbocycles. The topological polar surface area (TPSA) is 32.3 Å². The molecular formula is C12H14ClIN2O. The van der Waals surface area contributed by atoms with E-state index in [0.717, 1.165) is 23.2 Å². The Balaban J connectivity index is 2.15. The van der Waals surface area contributed by atoms with Crippen molar-refractivity contribution >= 4 is 40.1 Å². The Morgan fingerprint density at radius 2 is 2.35 bits per heavy atom. The van der Waals surface area contributed by atoms with E-state index in [2.05, 4.69) is 34.8 Å². The second kappa shape index (κ2) is 5.54. The Kier molecular flexibility index (Phi) is 4.27. The van der Waals surface area contributed by atoms with Crippen LogP contribution >= 0.6 is 34.2 Å². The number of piperazine rings is 1. The molecule has 17 heavy (non-hydrogen) atoms. The maximum atomic E-state index is 12.3. The molecule has 0 radical (unpaired) electrons. The fraction of sp³-hybridized carbons (Fsp3) is 0.417. The van der Waals surface area contributed by atoms with Crippen molar-refractivity contribution in [1.82, 2.24) is 10.2 Å². The molecule has 1 aromatic carbocycles. The highest BCUT2D eigenvalue weighted by molar-refractivity contribution is 14.1. The third kappa shape index (κ3) is 3.11. The van der Waals surface area contributed by atoms with E-state index in [4.69, 9.17) is 11.6 Å². The van der Waals surface area contributed by atoms with Crippen molar-refractivity contribution in [1.29, 1.82) is 0 Å². The van der Waals surface area contributed by atoms with E-state index in [1.807, 2.05) is 11.0 Å². The summed E-state index contributed by atoms with van der Waals surface area (Å²) in [6.45, 7) is 4.48. The van der Waals surface area contributed by atoms with Crippen molar-refractivity contribution in [2.75, 3.05) is 19.6 Å². The Labute approximate surface area is 120 Å². The lowest BCUT2D eigenvalue weighted by molar-refractivity contribution is 0.0709. The average molecular weight is 365 g/mol. The number of carbonyl (C=O) groups is 1. The largest absolute Gasteiger partial charge is 0.336 e. The summed E-state index contributed by atoms with van der Waals surface area (Å²) in [5.74, 6) is 0.0907. The van der Waals surface area contributed by atoms with Gasteiger partial charge in [0.15, 0.2) is 0 Å². The van der Waals surface area contributed by atoms with E-state index in [1.54, 1.807) is 12.1 Å². The minimum Gasteiger partial charge on any atom is -0.336 e.